The van der Waals surface area contributed by atoms with Gasteiger partial charge in [0.2, 0.25) is 5.91 Å². The highest BCUT2D eigenvalue weighted by Crippen LogP contribution is 2.51. The van der Waals surface area contributed by atoms with Crippen LogP contribution < -0.4 is 5.32 Å². The number of piperidine rings is 1. The molecule has 2 fully saturated rings. The number of rotatable bonds is 8. The van der Waals surface area contributed by atoms with E-state index in [1.54, 1.807) is 0 Å². The van der Waals surface area contributed by atoms with Crippen molar-refractivity contribution >= 4 is 5.91 Å². The number of fused-ring (bicyclic) bond motifs is 1. The van der Waals surface area contributed by atoms with Gasteiger partial charge in [-0.15, -0.1) is 0 Å². The van der Waals surface area contributed by atoms with Crippen LogP contribution in [0.25, 0.3) is 5.69 Å². The fraction of sp³-hybridized carbons (Fsp3) is 0.615. The van der Waals surface area contributed by atoms with Gasteiger partial charge in [-0.05, 0) is 60.8 Å². The van der Waals surface area contributed by atoms with Crippen molar-refractivity contribution in [3.63, 3.8) is 0 Å². The Labute approximate surface area is 187 Å². The summed E-state index contributed by atoms with van der Waals surface area (Å²) in [7, 11) is 0. The van der Waals surface area contributed by atoms with Gasteiger partial charge in [-0.1, -0.05) is 52.8 Å². The summed E-state index contributed by atoms with van der Waals surface area (Å²) >= 11 is 0. The van der Waals surface area contributed by atoms with Gasteiger partial charge in [-0.2, -0.15) is 5.10 Å². The minimum absolute atomic E-state index is 0.206. The van der Waals surface area contributed by atoms with Crippen molar-refractivity contribution in [3.8, 4) is 5.69 Å². The first kappa shape index (κ1) is 22.1. The Kier molecular flexibility index (Phi) is 6.25. The summed E-state index contributed by atoms with van der Waals surface area (Å²) in [6.45, 7) is 15.2. The molecule has 1 amide bonds. The Bertz CT molecular complexity index is 884. The zero-order chi connectivity index (χ0) is 22.2. The first-order valence-corrected chi connectivity index (χ1v) is 11.8. The molecule has 1 aliphatic heterocycles. The van der Waals surface area contributed by atoms with Crippen molar-refractivity contribution in [3.05, 3.63) is 47.8 Å². The third-order valence-electron chi connectivity index (χ3n) is 6.65. The van der Waals surface area contributed by atoms with Crippen molar-refractivity contribution in [1.29, 1.82) is 0 Å². The Hall–Kier alpha value is -2.14. The molecular formula is C26H38N4O. The van der Waals surface area contributed by atoms with E-state index in [1.165, 1.54) is 12.1 Å². The standard InChI is InChI=1S/C26H38N4O/c1-18(2)13-21-14-19(28-30(21)20-9-7-6-8-10-20)15-27-25(31)24-22-16-29(17-23(22)24)12-11-26(3,4)5/h6-10,14,18,22-24H,11-13,15-17H2,1-5H3,(H,27,31). The maximum absolute atomic E-state index is 12.8. The molecule has 5 nitrogen and oxygen atoms in total. The molecular weight excluding hydrogens is 384 g/mol. The van der Waals surface area contributed by atoms with Gasteiger partial charge in [0.25, 0.3) is 0 Å². The predicted octanol–water partition coefficient (Wildman–Crippen LogP) is 4.30. The van der Waals surface area contributed by atoms with Gasteiger partial charge in [0.15, 0.2) is 0 Å². The summed E-state index contributed by atoms with van der Waals surface area (Å²) in [5.74, 6) is 2.08. The number of para-hydroxylation sites is 1. The molecule has 4 rings (SSSR count). The van der Waals surface area contributed by atoms with Crippen molar-refractivity contribution in [2.75, 3.05) is 19.6 Å². The maximum Gasteiger partial charge on any atom is 0.224 e. The van der Waals surface area contributed by atoms with E-state index >= 15 is 0 Å². The fourth-order valence-electron chi connectivity index (χ4n) is 4.89. The summed E-state index contributed by atoms with van der Waals surface area (Å²) in [4.78, 5) is 15.3. The number of hydrogen-bond acceptors (Lipinski definition) is 3. The highest BCUT2D eigenvalue weighted by atomic mass is 16.2. The van der Waals surface area contributed by atoms with Gasteiger partial charge >= 0.3 is 0 Å². The quantitative estimate of drug-likeness (QED) is 0.690. The minimum atomic E-state index is 0.206. The van der Waals surface area contributed by atoms with E-state index in [1.807, 2.05) is 22.9 Å². The number of benzene rings is 1. The molecule has 168 valence electrons. The normalized spacial score (nSPS) is 23.2. The van der Waals surface area contributed by atoms with Gasteiger partial charge in [0.1, 0.15) is 0 Å². The fourth-order valence-corrected chi connectivity index (χ4v) is 4.89. The molecule has 5 heteroatoms. The van der Waals surface area contributed by atoms with Crippen LogP contribution in [0, 0.1) is 29.1 Å². The van der Waals surface area contributed by atoms with Crippen molar-refractivity contribution < 1.29 is 4.79 Å². The number of hydrogen-bond donors (Lipinski definition) is 1. The van der Waals surface area contributed by atoms with Crippen LogP contribution in [-0.4, -0.2) is 40.2 Å². The third-order valence-corrected chi connectivity index (χ3v) is 6.65. The molecule has 2 aromatic rings. The SMILES string of the molecule is CC(C)Cc1cc(CNC(=O)C2C3CN(CCC(C)(C)C)CC32)nn1-c1ccccc1. The van der Waals surface area contributed by atoms with Crippen molar-refractivity contribution in [1.82, 2.24) is 20.0 Å². The van der Waals surface area contributed by atoms with E-state index in [2.05, 4.69) is 63.0 Å². The largest absolute Gasteiger partial charge is 0.350 e. The number of nitrogens with zero attached hydrogens (tertiary/aromatic N) is 3. The number of carbonyl (C=O) groups excluding carboxylic acids is 1. The van der Waals surface area contributed by atoms with Crippen molar-refractivity contribution in [2.24, 2.45) is 29.1 Å². The average molecular weight is 423 g/mol. The van der Waals surface area contributed by atoms with Crippen LogP contribution in [0.2, 0.25) is 0 Å². The molecule has 2 unspecified atom stereocenters. The second-order valence-corrected chi connectivity index (χ2v) is 11.1. The predicted molar refractivity (Wildman–Crippen MR) is 125 cm³/mol. The number of likely N-dealkylation sites (tertiary alicyclic amines) is 1. The van der Waals surface area contributed by atoms with Crippen molar-refractivity contribution in [2.45, 2.75) is 54.0 Å². The van der Waals surface area contributed by atoms with Gasteiger partial charge in [0, 0.05) is 24.7 Å². The molecule has 2 heterocycles. The highest BCUT2D eigenvalue weighted by molar-refractivity contribution is 5.82. The molecule has 1 aliphatic carbocycles. The van der Waals surface area contributed by atoms with Crippen LogP contribution in [0.4, 0.5) is 0 Å². The summed E-state index contributed by atoms with van der Waals surface area (Å²) < 4.78 is 2.03. The first-order valence-electron chi connectivity index (χ1n) is 11.8. The van der Waals surface area contributed by atoms with Crippen LogP contribution in [0.15, 0.2) is 36.4 Å². The molecule has 2 atom stereocenters. The minimum Gasteiger partial charge on any atom is -0.350 e. The van der Waals surface area contributed by atoms with Gasteiger partial charge in [0.05, 0.1) is 17.9 Å². The topological polar surface area (TPSA) is 50.2 Å². The van der Waals surface area contributed by atoms with E-state index in [0.29, 0.717) is 29.7 Å². The number of carbonyl (C=O) groups is 1. The lowest BCUT2D eigenvalue weighted by molar-refractivity contribution is -0.123. The second-order valence-electron chi connectivity index (χ2n) is 11.1. The summed E-state index contributed by atoms with van der Waals surface area (Å²) in [6.07, 6.45) is 2.18. The molecule has 2 aliphatic rings. The Morgan fingerprint density at radius 3 is 2.45 bits per heavy atom. The number of amides is 1. The van der Waals surface area contributed by atoms with E-state index in [4.69, 9.17) is 5.10 Å². The lowest BCUT2D eigenvalue weighted by atomic mass is 9.92. The summed E-state index contributed by atoms with van der Waals surface area (Å²) in [6, 6.07) is 12.4. The highest BCUT2D eigenvalue weighted by Gasteiger charge is 2.59. The van der Waals surface area contributed by atoms with Crippen LogP contribution in [0.1, 0.15) is 52.4 Å². The van der Waals surface area contributed by atoms with Gasteiger partial charge in [-0.25, -0.2) is 4.68 Å². The van der Waals surface area contributed by atoms with Gasteiger partial charge in [-0.3, -0.25) is 4.79 Å². The maximum atomic E-state index is 12.8. The van der Waals surface area contributed by atoms with E-state index in [9.17, 15) is 4.79 Å². The molecule has 1 N–H and O–H groups in total. The summed E-state index contributed by atoms with van der Waals surface area (Å²) in [5, 5.41) is 7.98. The Morgan fingerprint density at radius 1 is 1.16 bits per heavy atom. The summed E-state index contributed by atoms with van der Waals surface area (Å²) in [5.41, 5.74) is 3.58. The zero-order valence-electron chi connectivity index (χ0n) is 19.8. The molecule has 31 heavy (non-hydrogen) atoms. The smallest absolute Gasteiger partial charge is 0.224 e. The van der Waals surface area contributed by atoms with E-state index < -0.39 is 0 Å². The number of aromatic nitrogens is 2. The lowest BCUT2D eigenvalue weighted by Gasteiger charge is -2.24. The zero-order valence-corrected chi connectivity index (χ0v) is 19.8. The van der Waals surface area contributed by atoms with Crippen LogP contribution in [-0.2, 0) is 17.8 Å². The Balaban J connectivity index is 1.31. The number of nitrogens with one attached hydrogen (secondary N) is 1. The van der Waals surface area contributed by atoms with Gasteiger partial charge < -0.3 is 10.2 Å². The molecule has 1 aromatic heterocycles. The van der Waals surface area contributed by atoms with Crippen LogP contribution in [0.3, 0.4) is 0 Å². The molecule has 0 spiro atoms. The van der Waals surface area contributed by atoms with Crippen LogP contribution >= 0.6 is 0 Å². The van der Waals surface area contributed by atoms with Crippen LogP contribution in [0.5, 0.6) is 0 Å². The van der Waals surface area contributed by atoms with E-state index in [0.717, 1.165) is 37.4 Å². The lowest BCUT2D eigenvalue weighted by Crippen LogP contribution is -2.33. The first-order chi connectivity index (χ1) is 14.7. The molecule has 1 aromatic carbocycles. The second kappa shape index (κ2) is 8.78. The molecule has 0 radical (unpaired) electrons. The average Bonchev–Trinajstić information content (AvgIpc) is 3.03. The third kappa shape index (κ3) is 5.38. The molecule has 0 bridgehead atoms. The molecule has 1 saturated heterocycles. The van der Waals surface area contributed by atoms with E-state index in [-0.39, 0.29) is 11.8 Å². The Morgan fingerprint density at radius 2 is 1.84 bits per heavy atom. The molecule has 1 saturated carbocycles. The monoisotopic (exact) mass is 422 g/mol.